The molecule has 21 heavy (non-hydrogen) atoms. The standard InChI is InChI=1S/C16H21NO3S/c1-12(18)21-15-10-16(19)17(11-15)9-3-4-13-5-7-14(20-2)8-6-13/h5-8,15H,3-4,9-11H2,1-2H3. The van der Waals surface area contributed by atoms with Crippen molar-refractivity contribution in [1.82, 2.24) is 4.90 Å². The molecule has 5 heteroatoms. The minimum Gasteiger partial charge on any atom is -0.497 e. The van der Waals surface area contributed by atoms with Crippen LogP contribution in [0.4, 0.5) is 0 Å². The summed E-state index contributed by atoms with van der Waals surface area (Å²) < 4.78 is 5.13. The first kappa shape index (κ1) is 15.9. The molecule has 1 fully saturated rings. The first-order chi connectivity index (χ1) is 10.1. The zero-order chi connectivity index (χ0) is 15.2. The van der Waals surface area contributed by atoms with E-state index in [4.69, 9.17) is 4.74 Å². The van der Waals surface area contributed by atoms with Crippen molar-refractivity contribution in [3.63, 3.8) is 0 Å². The molecule has 0 N–H and O–H groups in total. The Labute approximate surface area is 129 Å². The van der Waals surface area contributed by atoms with E-state index in [0.29, 0.717) is 13.0 Å². The van der Waals surface area contributed by atoms with Crippen molar-refractivity contribution in [2.45, 2.75) is 31.4 Å². The van der Waals surface area contributed by atoms with E-state index in [0.717, 1.165) is 25.1 Å². The number of methoxy groups -OCH3 is 1. The van der Waals surface area contributed by atoms with Crippen LogP contribution in [-0.4, -0.2) is 41.4 Å². The van der Waals surface area contributed by atoms with Gasteiger partial charge in [0, 0.05) is 31.7 Å². The quantitative estimate of drug-likeness (QED) is 0.810. The number of hydrogen-bond acceptors (Lipinski definition) is 4. The van der Waals surface area contributed by atoms with Gasteiger partial charge in [-0.1, -0.05) is 23.9 Å². The average molecular weight is 307 g/mol. The van der Waals surface area contributed by atoms with Crippen molar-refractivity contribution in [3.8, 4) is 5.75 Å². The molecule has 0 spiro atoms. The Hall–Kier alpha value is -1.49. The van der Waals surface area contributed by atoms with Crippen LogP contribution in [0.25, 0.3) is 0 Å². The van der Waals surface area contributed by atoms with Crippen LogP contribution in [0.5, 0.6) is 5.75 Å². The number of carbonyl (C=O) groups excluding carboxylic acids is 2. The van der Waals surface area contributed by atoms with Crippen molar-refractivity contribution in [1.29, 1.82) is 0 Å². The summed E-state index contributed by atoms with van der Waals surface area (Å²) in [4.78, 5) is 24.8. The average Bonchev–Trinajstić information content (AvgIpc) is 2.79. The SMILES string of the molecule is COc1ccc(CCCN2CC(SC(C)=O)CC2=O)cc1. The summed E-state index contributed by atoms with van der Waals surface area (Å²) in [5, 5.41) is 0.226. The van der Waals surface area contributed by atoms with E-state index in [2.05, 4.69) is 12.1 Å². The van der Waals surface area contributed by atoms with E-state index in [-0.39, 0.29) is 16.3 Å². The summed E-state index contributed by atoms with van der Waals surface area (Å²) in [5.74, 6) is 1.03. The lowest BCUT2D eigenvalue weighted by molar-refractivity contribution is -0.127. The molecule has 1 aliphatic rings. The molecule has 4 nitrogen and oxygen atoms in total. The molecule has 1 saturated heterocycles. The summed E-state index contributed by atoms with van der Waals surface area (Å²) in [6, 6.07) is 8.02. The Morgan fingerprint density at radius 3 is 2.71 bits per heavy atom. The molecule has 0 bridgehead atoms. The highest BCUT2D eigenvalue weighted by Crippen LogP contribution is 2.24. The molecule has 114 valence electrons. The zero-order valence-electron chi connectivity index (χ0n) is 12.5. The summed E-state index contributed by atoms with van der Waals surface area (Å²) in [6.45, 7) is 3.02. The summed E-state index contributed by atoms with van der Waals surface area (Å²) in [5.41, 5.74) is 1.25. The smallest absolute Gasteiger partial charge is 0.223 e. The molecule has 1 heterocycles. The van der Waals surface area contributed by atoms with Gasteiger partial charge in [-0.05, 0) is 30.5 Å². The maximum atomic E-state index is 11.9. The van der Waals surface area contributed by atoms with Gasteiger partial charge in [-0.2, -0.15) is 0 Å². The molecule has 1 aliphatic heterocycles. The van der Waals surface area contributed by atoms with Crippen molar-refractivity contribution in [2.75, 3.05) is 20.2 Å². The highest BCUT2D eigenvalue weighted by molar-refractivity contribution is 8.14. The number of benzene rings is 1. The van der Waals surface area contributed by atoms with Crippen LogP contribution < -0.4 is 4.74 Å². The van der Waals surface area contributed by atoms with Crippen molar-refractivity contribution < 1.29 is 14.3 Å². The number of ether oxygens (including phenoxy) is 1. The molecule has 1 amide bonds. The number of carbonyl (C=O) groups is 2. The Kier molecular flexibility index (Phi) is 5.67. The molecule has 0 radical (unpaired) electrons. The number of hydrogen-bond donors (Lipinski definition) is 0. The van der Waals surface area contributed by atoms with E-state index in [1.165, 1.54) is 17.3 Å². The fourth-order valence-corrected chi connectivity index (χ4v) is 3.48. The van der Waals surface area contributed by atoms with Gasteiger partial charge >= 0.3 is 0 Å². The second-order valence-electron chi connectivity index (χ2n) is 5.23. The molecule has 1 atom stereocenters. The van der Waals surface area contributed by atoms with Gasteiger partial charge in [0.15, 0.2) is 5.12 Å². The molecule has 0 saturated carbocycles. The lowest BCUT2D eigenvalue weighted by Crippen LogP contribution is -2.27. The second-order valence-corrected chi connectivity index (χ2v) is 6.70. The Morgan fingerprint density at radius 2 is 2.10 bits per heavy atom. The third-order valence-electron chi connectivity index (χ3n) is 3.56. The Morgan fingerprint density at radius 1 is 1.38 bits per heavy atom. The van der Waals surface area contributed by atoms with E-state index in [9.17, 15) is 9.59 Å². The Balaban J connectivity index is 1.75. The van der Waals surface area contributed by atoms with Crippen LogP contribution in [-0.2, 0) is 16.0 Å². The van der Waals surface area contributed by atoms with E-state index >= 15 is 0 Å². The molecule has 1 aromatic carbocycles. The van der Waals surface area contributed by atoms with Gasteiger partial charge in [0.25, 0.3) is 0 Å². The highest BCUT2D eigenvalue weighted by atomic mass is 32.2. The van der Waals surface area contributed by atoms with Gasteiger partial charge in [-0.15, -0.1) is 0 Å². The van der Waals surface area contributed by atoms with Crippen molar-refractivity contribution >= 4 is 22.8 Å². The molecule has 1 aromatic rings. The lowest BCUT2D eigenvalue weighted by atomic mass is 10.1. The van der Waals surface area contributed by atoms with E-state index < -0.39 is 0 Å². The molecule has 0 aliphatic carbocycles. The predicted molar refractivity (Wildman–Crippen MR) is 84.6 cm³/mol. The fraction of sp³-hybridized carbons (Fsp3) is 0.500. The number of amides is 1. The first-order valence-corrected chi connectivity index (χ1v) is 8.04. The van der Waals surface area contributed by atoms with Gasteiger partial charge in [0.2, 0.25) is 5.91 Å². The third kappa shape index (κ3) is 4.77. The van der Waals surface area contributed by atoms with Crippen LogP contribution in [0.15, 0.2) is 24.3 Å². The van der Waals surface area contributed by atoms with Crippen molar-refractivity contribution in [3.05, 3.63) is 29.8 Å². The van der Waals surface area contributed by atoms with Gasteiger partial charge < -0.3 is 9.64 Å². The number of nitrogens with zero attached hydrogens (tertiary/aromatic N) is 1. The fourth-order valence-electron chi connectivity index (χ4n) is 2.53. The van der Waals surface area contributed by atoms with Gasteiger partial charge in [-0.3, -0.25) is 9.59 Å². The minimum atomic E-state index is 0.0906. The number of thioether (sulfide) groups is 1. The first-order valence-electron chi connectivity index (χ1n) is 7.16. The maximum absolute atomic E-state index is 11.9. The van der Waals surface area contributed by atoms with Crippen LogP contribution in [0.2, 0.25) is 0 Å². The van der Waals surface area contributed by atoms with Crippen LogP contribution in [0.3, 0.4) is 0 Å². The zero-order valence-corrected chi connectivity index (χ0v) is 13.3. The second kappa shape index (κ2) is 7.50. The summed E-state index contributed by atoms with van der Waals surface area (Å²) in [7, 11) is 1.66. The van der Waals surface area contributed by atoms with Crippen LogP contribution in [0, 0.1) is 0 Å². The Bertz CT molecular complexity index is 501. The van der Waals surface area contributed by atoms with Crippen LogP contribution in [0.1, 0.15) is 25.3 Å². The molecular weight excluding hydrogens is 286 g/mol. The summed E-state index contributed by atoms with van der Waals surface area (Å²) in [6.07, 6.45) is 2.38. The molecule has 1 unspecified atom stereocenters. The van der Waals surface area contributed by atoms with Gasteiger partial charge in [0.1, 0.15) is 5.75 Å². The normalized spacial score (nSPS) is 18.1. The largest absolute Gasteiger partial charge is 0.497 e. The minimum absolute atomic E-state index is 0.0906. The van der Waals surface area contributed by atoms with Crippen LogP contribution >= 0.6 is 11.8 Å². The highest BCUT2D eigenvalue weighted by Gasteiger charge is 2.30. The maximum Gasteiger partial charge on any atom is 0.223 e. The lowest BCUT2D eigenvalue weighted by Gasteiger charge is -2.16. The topological polar surface area (TPSA) is 46.6 Å². The number of likely N-dealkylation sites (tertiary alicyclic amines) is 1. The molecule has 0 aromatic heterocycles. The van der Waals surface area contributed by atoms with Gasteiger partial charge in [-0.25, -0.2) is 0 Å². The molecule has 2 rings (SSSR count). The number of aryl methyl sites for hydroxylation is 1. The van der Waals surface area contributed by atoms with Gasteiger partial charge in [0.05, 0.1) is 7.11 Å². The number of rotatable bonds is 6. The van der Waals surface area contributed by atoms with E-state index in [1.54, 1.807) is 14.0 Å². The van der Waals surface area contributed by atoms with Crippen molar-refractivity contribution in [2.24, 2.45) is 0 Å². The monoisotopic (exact) mass is 307 g/mol. The molecular formula is C16H21NO3S. The third-order valence-corrected chi connectivity index (χ3v) is 4.55. The predicted octanol–water partition coefficient (Wildman–Crippen LogP) is 2.51. The van der Waals surface area contributed by atoms with E-state index in [1.807, 2.05) is 17.0 Å². The summed E-state index contributed by atoms with van der Waals surface area (Å²) >= 11 is 1.29.